The monoisotopic (exact) mass is 204 g/mol. The van der Waals surface area contributed by atoms with E-state index in [4.69, 9.17) is 14.6 Å². The second-order valence-corrected chi connectivity index (χ2v) is 3.44. The van der Waals surface area contributed by atoms with Crippen LogP contribution in [0.3, 0.4) is 0 Å². The highest BCUT2D eigenvalue weighted by atomic mass is 16.5. The maximum Gasteiger partial charge on any atom is 0.119 e. The molecule has 0 aromatic heterocycles. The quantitative estimate of drug-likeness (QED) is 0.833. The largest absolute Gasteiger partial charge is 0.497 e. The first-order valence-electron chi connectivity index (χ1n) is 6.40. The summed E-state index contributed by atoms with van der Waals surface area (Å²) in [5.74, 6) is 0.354. The van der Waals surface area contributed by atoms with Crippen LogP contribution in [-0.2, 0) is 6.42 Å². The highest BCUT2D eigenvalue weighted by Gasteiger charge is 2.01. The van der Waals surface area contributed by atoms with Crippen LogP contribution in [0, 0.1) is 0 Å². The van der Waals surface area contributed by atoms with E-state index in [1.165, 1.54) is 0 Å². The fraction of sp³-hybridized carbons (Fsp3) is 0.231. The lowest BCUT2D eigenvalue weighted by Crippen LogP contribution is -2.03. The minimum Gasteiger partial charge on any atom is -0.497 e. The molecule has 0 radical (unpaired) electrons. The molecule has 0 bridgehead atoms. The summed E-state index contributed by atoms with van der Waals surface area (Å²) in [7, 11) is -2.42. The Kier molecular flexibility index (Phi) is 1.97. The third-order valence-electron chi connectivity index (χ3n) is 2.48. The van der Waals surface area contributed by atoms with Crippen molar-refractivity contribution in [1.29, 1.82) is 0 Å². The molecule has 0 heterocycles. The lowest BCUT2D eigenvalue weighted by molar-refractivity contribution is 0.415. The van der Waals surface area contributed by atoms with Gasteiger partial charge in [-0.25, -0.2) is 0 Å². The minimum absolute atomic E-state index is 0.354. The van der Waals surface area contributed by atoms with Crippen molar-refractivity contribution in [3.05, 3.63) is 42.0 Å². The predicted molar refractivity (Wildman–Crippen MR) is 63.3 cm³/mol. The average molecular weight is 204 g/mol. The van der Waals surface area contributed by atoms with E-state index < -0.39 is 7.04 Å². The van der Waals surface area contributed by atoms with Crippen LogP contribution < -0.4 is 10.5 Å². The summed E-state index contributed by atoms with van der Waals surface area (Å²) in [6.07, 6.45) is 0.758. The summed E-state index contributed by atoms with van der Waals surface area (Å²) in [6, 6.07) is 11.2. The number of hydrogen-bond donors (Lipinski definition) is 1. The second kappa shape index (κ2) is 4.32. The van der Waals surface area contributed by atoms with E-state index in [1.807, 2.05) is 24.3 Å². The molecule has 78 valence electrons. The molecule has 0 saturated heterocycles. The Morgan fingerprint density at radius 1 is 1.33 bits per heavy atom. The molecule has 0 spiro atoms. The van der Waals surface area contributed by atoms with Gasteiger partial charge in [-0.2, -0.15) is 0 Å². The summed E-state index contributed by atoms with van der Waals surface area (Å²) < 4.78 is 26.2. The lowest BCUT2D eigenvalue weighted by atomic mass is 10.0. The van der Waals surface area contributed by atoms with Gasteiger partial charge in [0.2, 0.25) is 0 Å². The van der Waals surface area contributed by atoms with Crippen molar-refractivity contribution >= 4 is 10.8 Å². The van der Waals surface area contributed by atoms with E-state index in [0.717, 1.165) is 22.8 Å². The Hall–Kier alpha value is -1.54. The van der Waals surface area contributed by atoms with Crippen LogP contribution in [0.5, 0.6) is 5.75 Å². The zero-order valence-corrected chi connectivity index (χ0v) is 8.36. The molecule has 2 N–H and O–H groups in total. The van der Waals surface area contributed by atoms with Gasteiger partial charge in [0.15, 0.2) is 0 Å². The van der Waals surface area contributed by atoms with Crippen molar-refractivity contribution in [3.63, 3.8) is 0 Å². The van der Waals surface area contributed by atoms with Crippen molar-refractivity contribution in [2.75, 3.05) is 13.6 Å². The van der Waals surface area contributed by atoms with Crippen molar-refractivity contribution in [3.8, 4) is 5.75 Å². The predicted octanol–water partition coefficient (Wildman–Crippen LogP) is 2.35. The third-order valence-corrected chi connectivity index (χ3v) is 2.48. The van der Waals surface area contributed by atoms with Crippen LogP contribution in [-0.4, -0.2) is 13.6 Å². The maximum absolute atomic E-state index is 7.10. The number of benzene rings is 2. The van der Waals surface area contributed by atoms with Gasteiger partial charge in [0, 0.05) is 0 Å². The molecular weight excluding hydrogens is 186 g/mol. The van der Waals surface area contributed by atoms with Gasteiger partial charge >= 0.3 is 0 Å². The van der Waals surface area contributed by atoms with Crippen molar-refractivity contribution in [1.82, 2.24) is 0 Å². The van der Waals surface area contributed by atoms with Crippen LogP contribution in [0.2, 0.25) is 0 Å². The van der Waals surface area contributed by atoms with E-state index >= 15 is 0 Å². The number of ether oxygens (including phenoxy) is 1. The standard InChI is InChI=1S/C13H15NO/c1-15-12-6-5-10-3-2-4-11(7-8-14)13(10)9-12/h2-6,9H,7-8,14H2,1H3/i1D3. The number of fused-ring (bicyclic) bond motifs is 1. The Morgan fingerprint density at radius 3 is 3.07 bits per heavy atom. The van der Waals surface area contributed by atoms with E-state index in [9.17, 15) is 0 Å². The van der Waals surface area contributed by atoms with Crippen LogP contribution in [0.25, 0.3) is 10.8 Å². The maximum atomic E-state index is 7.10. The van der Waals surface area contributed by atoms with Gasteiger partial charge in [-0.1, -0.05) is 24.3 Å². The van der Waals surface area contributed by atoms with E-state index in [2.05, 4.69) is 0 Å². The van der Waals surface area contributed by atoms with Crippen LogP contribution >= 0.6 is 0 Å². The number of nitrogens with two attached hydrogens (primary N) is 1. The minimum atomic E-state index is -2.42. The third kappa shape index (κ3) is 1.95. The molecule has 0 aliphatic heterocycles. The van der Waals surface area contributed by atoms with Crippen LogP contribution in [0.15, 0.2) is 36.4 Å². The molecule has 2 aromatic carbocycles. The van der Waals surface area contributed by atoms with Gasteiger partial charge in [-0.05, 0) is 41.4 Å². The summed E-state index contributed by atoms with van der Waals surface area (Å²) in [5, 5.41) is 2.04. The fourth-order valence-electron chi connectivity index (χ4n) is 1.75. The summed E-state index contributed by atoms with van der Waals surface area (Å²) in [6.45, 7) is 0.559. The average Bonchev–Trinajstić information content (AvgIpc) is 2.28. The molecule has 15 heavy (non-hydrogen) atoms. The summed E-state index contributed by atoms with van der Waals surface area (Å²) in [5.41, 5.74) is 6.67. The zero-order chi connectivity index (χ0) is 13.2. The molecule has 0 aliphatic carbocycles. The molecule has 2 rings (SSSR count). The topological polar surface area (TPSA) is 35.2 Å². The van der Waals surface area contributed by atoms with Crippen LogP contribution in [0.1, 0.15) is 9.68 Å². The zero-order valence-electron chi connectivity index (χ0n) is 11.4. The first-order chi connectivity index (χ1) is 8.49. The van der Waals surface area contributed by atoms with Gasteiger partial charge < -0.3 is 10.5 Å². The summed E-state index contributed by atoms with van der Waals surface area (Å²) in [4.78, 5) is 0. The normalized spacial score (nSPS) is 14.3. The van der Waals surface area contributed by atoms with Gasteiger partial charge in [-0.3, -0.25) is 0 Å². The molecule has 0 atom stereocenters. The number of methoxy groups -OCH3 is 1. The van der Waals surface area contributed by atoms with Gasteiger partial charge in [0.05, 0.1) is 11.2 Å². The Bertz CT molecular complexity index is 551. The number of rotatable bonds is 3. The van der Waals surface area contributed by atoms with Gasteiger partial charge in [0.25, 0.3) is 0 Å². The van der Waals surface area contributed by atoms with Gasteiger partial charge in [0.1, 0.15) is 5.75 Å². The van der Waals surface area contributed by atoms with Crippen LogP contribution in [0.4, 0.5) is 0 Å². The fourth-order valence-corrected chi connectivity index (χ4v) is 1.75. The van der Waals surface area contributed by atoms with E-state index in [1.54, 1.807) is 12.1 Å². The second-order valence-electron chi connectivity index (χ2n) is 3.44. The molecule has 0 fully saturated rings. The van der Waals surface area contributed by atoms with Gasteiger partial charge in [-0.15, -0.1) is 0 Å². The van der Waals surface area contributed by atoms with Crippen molar-refractivity contribution in [2.45, 2.75) is 6.42 Å². The SMILES string of the molecule is [2H]C([2H])([2H])Oc1ccc2cccc(CCN)c2c1. The number of hydrogen-bond acceptors (Lipinski definition) is 2. The first kappa shape index (κ1) is 6.85. The Morgan fingerprint density at radius 2 is 2.27 bits per heavy atom. The Balaban J connectivity index is 2.45. The highest BCUT2D eigenvalue weighted by molar-refractivity contribution is 5.87. The van der Waals surface area contributed by atoms with Crippen molar-refractivity contribution in [2.24, 2.45) is 5.73 Å². The lowest BCUT2D eigenvalue weighted by Gasteiger charge is -2.07. The smallest absolute Gasteiger partial charge is 0.119 e. The summed E-state index contributed by atoms with van der Waals surface area (Å²) >= 11 is 0. The molecule has 2 aromatic rings. The molecular formula is C13H15NO. The molecule has 0 unspecified atom stereocenters. The molecule has 0 amide bonds. The molecule has 2 nitrogen and oxygen atoms in total. The van der Waals surface area contributed by atoms with Crippen molar-refractivity contribution < 1.29 is 8.85 Å². The first-order valence-corrected chi connectivity index (χ1v) is 4.90. The Labute approximate surface area is 93.9 Å². The van der Waals surface area contributed by atoms with E-state index in [-0.39, 0.29) is 0 Å². The molecule has 0 aliphatic rings. The molecule has 2 heteroatoms. The molecule has 0 saturated carbocycles. The highest BCUT2D eigenvalue weighted by Crippen LogP contribution is 2.24. The van der Waals surface area contributed by atoms with E-state index in [0.29, 0.717) is 12.3 Å².